The summed E-state index contributed by atoms with van der Waals surface area (Å²) in [6.07, 6.45) is -6.84. The third kappa shape index (κ3) is 2.77. The molecule has 0 aliphatic heterocycles. The van der Waals surface area contributed by atoms with Crippen molar-refractivity contribution in [3.8, 4) is 0 Å². The van der Waals surface area contributed by atoms with E-state index < -0.39 is 29.8 Å². The first-order valence-corrected chi connectivity index (χ1v) is 6.32. The smallest absolute Gasteiger partial charge is 0.460 e. The first kappa shape index (κ1) is 21.6. The van der Waals surface area contributed by atoms with E-state index >= 15 is 0 Å². The van der Waals surface area contributed by atoms with Crippen LogP contribution in [-0.2, 0) is 20.0 Å². The van der Waals surface area contributed by atoms with Gasteiger partial charge in [0, 0.05) is 0 Å². The van der Waals surface area contributed by atoms with Crippen molar-refractivity contribution in [1.29, 1.82) is 0 Å². The van der Waals surface area contributed by atoms with E-state index in [0.717, 1.165) is 14.1 Å². The van der Waals surface area contributed by atoms with Crippen LogP contribution in [0.2, 0.25) is 0 Å². The van der Waals surface area contributed by atoms with E-state index in [-0.39, 0.29) is 28.0 Å². The molecule has 0 amide bonds. The molecule has 0 N–H and O–H groups in total. The predicted molar refractivity (Wildman–Crippen MR) is 63.9 cm³/mol. The SMILES string of the molecule is Cn1c(C(F)(F)C(F)(F)C(F)(F)C(F)(F)F)[n+](C)c2ccccc21.[Br-]. The molecule has 142 valence electrons. The average molecular weight is 445 g/mol. The number of alkyl halides is 9. The van der Waals surface area contributed by atoms with Gasteiger partial charge in [0.1, 0.15) is 0 Å². The minimum Gasteiger partial charge on any atom is -1.00 e. The van der Waals surface area contributed by atoms with Crippen LogP contribution < -0.4 is 21.5 Å². The number of hydrogen-bond donors (Lipinski definition) is 0. The molecule has 25 heavy (non-hydrogen) atoms. The summed E-state index contributed by atoms with van der Waals surface area (Å²) >= 11 is 0. The molecule has 0 spiro atoms. The summed E-state index contributed by atoms with van der Waals surface area (Å²) in [6, 6.07) is 5.20. The van der Waals surface area contributed by atoms with Crippen LogP contribution in [0.25, 0.3) is 11.0 Å². The van der Waals surface area contributed by atoms with Crippen LogP contribution in [0.1, 0.15) is 5.82 Å². The summed E-state index contributed by atoms with van der Waals surface area (Å²) in [7, 11) is 1.74. The highest BCUT2D eigenvalue weighted by molar-refractivity contribution is 5.72. The fourth-order valence-corrected chi connectivity index (χ4v) is 2.42. The molecule has 0 unspecified atom stereocenters. The topological polar surface area (TPSA) is 8.81 Å². The summed E-state index contributed by atoms with van der Waals surface area (Å²) in [6.45, 7) is 0. The number of benzene rings is 1. The molecule has 1 aromatic carbocycles. The molecule has 2 nitrogen and oxygen atoms in total. The highest BCUT2D eigenvalue weighted by atomic mass is 79.9. The fourth-order valence-electron chi connectivity index (χ4n) is 2.42. The zero-order chi connectivity index (χ0) is 18.7. The van der Waals surface area contributed by atoms with Gasteiger partial charge >= 0.3 is 29.8 Å². The van der Waals surface area contributed by atoms with E-state index in [9.17, 15) is 39.5 Å². The standard InChI is InChI=1S/C13H10F9N2.BrH/c1-23-7-5-3-4-6-8(7)24(2)9(23)10(14,15)11(16,17)12(18,19)13(20,21)22;/h3-6H,1-2H3;1H/q+1;/p-1. The third-order valence-electron chi connectivity index (χ3n) is 3.67. The van der Waals surface area contributed by atoms with Crippen LogP contribution in [0.15, 0.2) is 24.3 Å². The highest BCUT2D eigenvalue weighted by Gasteiger charge is 2.84. The molecule has 0 bridgehead atoms. The Morgan fingerprint density at radius 1 is 0.840 bits per heavy atom. The van der Waals surface area contributed by atoms with E-state index in [0.29, 0.717) is 9.13 Å². The first-order valence-electron chi connectivity index (χ1n) is 6.32. The lowest BCUT2D eigenvalue weighted by molar-refractivity contribution is -0.668. The maximum absolute atomic E-state index is 14.1. The van der Waals surface area contributed by atoms with Crippen molar-refractivity contribution in [2.75, 3.05) is 0 Å². The Kier molecular flexibility index (Phi) is 5.23. The molecule has 12 heteroatoms. The molecule has 1 heterocycles. The second kappa shape index (κ2) is 6.06. The Morgan fingerprint density at radius 2 is 1.32 bits per heavy atom. The molecule has 0 saturated heterocycles. The first-order chi connectivity index (χ1) is 10.7. The Balaban J connectivity index is 0.00000312. The van der Waals surface area contributed by atoms with E-state index in [1.54, 1.807) is 0 Å². The van der Waals surface area contributed by atoms with E-state index in [2.05, 4.69) is 0 Å². The van der Waals surface area contributed by atoms with Crippen molar-refractivity contribution in [3.05, 3.63) is 30.1 Å². The second-order valence-corrected chi connectivity index (χ2v) is 5.15. The van der Waals surface area contributed by atoms with E-state index in [4.69, 9.17) is 0 Å². The quantitative estimate of drug-likeness (QED) is 0.492. The fraction of sp³-hybridized carbons (Fsp3) is 0.462. The van der Waals surface area contributed by atoms with Gasteiger partial charge in [-0.1, -0.05) is 12.1 Å². The molecule has 1 aromatic heterocycles. The molecule has 0 saturated carbocycles. The normalized spacial score (nSPS) is 13.9. The van der Waals surface area contributed by atoms with E-state index in [1.165, 1.54) is 24.3 Å². The molecular formula is C13H10BrF9N2. The lowest BCUT2D eigenvalue weighted by atomic mass is 10.0. The Labute approximate surface area is 145 Å². The van der Waals surface area contributed by atoms with Gasteiger partial charge in [0.2, 0.25) is 0 Å². The predicted octanol–water partition coefficient (Wildman–Crippen LogP) is 0.931. The number of halogens is 10. The van der Waals surface area contributed by atoms with Crippen LogP contribution >= 0.6 is 0 Å². The summed E-state index contributed by atoms with van der Waals surface area (Å²) in [4.78, 5) is 0. The highest BCUT2D eigenvalue weighted by Crippen LogP contribution is 2.56. The van der Waals surface area contributed by atoms with Gasteiger partial charge in [0.25, 0.3) is 0 Å². The Bertz CT molecular complexity index is 741. The van der Waals surface area contributed by atoms with Crippen molar-refractivity contribution in [3.63, 3.8) is 0 Å². The summed E-state index contributed by atoms with van der Waals surface area (Å²) in [5.74, 6) is -21.1. The minimum atomic E-state index is -6.92. The molecule has 0 radical (unpaired) electrons. The van der Waals surface area contributed by atoms with Crippen LogP contribution in [0.4, 0.5) is 39.5 Å². The maximum Gasteiger partial charge on any atom is 0.460 e. The van der Waals surface area contributed by atoms with Crippen molar-refractivity contribution in [2.24, 2.45) is 14.1 Å². The molecule has 0 atom stereocenters. The second-order valence-electron chi connectivity index (χ2n) is 5.15. The van der Waals surface area contributed by atoms with Crippen LogP contribution in [0, 0.1) is 0 Å². The number of aryl methyl sites for hydroxylation is 2. The monoisotopic (exact) mass is 444 g/mol. The van der Waals surface area contributed by atoms with E-state index in [1.807, 2.05) is 0 Å². The van der Waals surface area contributed by atoms with Crippen LogP contribution in [0.3, 0.4) is 0 Å². The van der Waals surface area contributed by atoms with Gasteiger partial charge in [-0.05, 0) is 12.1 Å². The lowest BCUT2D eigenvalue weighted by Crippen LogP contribution is -3.00. The van der Waals surface area contributed by atoms with Crippen molar-refractivity contribution in [2.45, 2.75) is 23.9 Å². The summed E-state index contributed by atoms with van der Waals surface area (Å²) < 4.78 is 119. The molecule has 2 rings (SSSR count). The van der Waals surface area contributed by atoms with Gasteiger partial charge < -0.3 is 17.0 Å². The van der Waals surface area contributed by atoms with Crippen molar-refractivity contribution in [1.82, 2.24) is 4.57 Å². The Hall–Kier alpha value is -1.46. The van der Waals surface area contributed by atoms with Crippen LogP contribution in [-0.4, -0.2) is 22.6 Å². The average Bonchev–Trinajstić information content (AvgIpc) is 2.70. The zero-order valence-electron chi connectivity index (χ0n) is 12.5. The van der Waals surface area contributed by atoms with Gasteiger partial charge in [0.05, 0.1) is 14.1 Å². The Morgan fingerprint density at radius 3 is 1.76 bits per heavy atom. The summed E-state index contributed by atoms with van der Waals surface area (Å²) in [5, 5.41) is 0. The van der Waals surface area contributed by atoms with Crippen molar-refractivity contribution < 1.29 is 61.1 Å². The number of imidazole rings is 1. The molecule has 2 aromatic rings. The van der Waals surface area contributed by atoms with Gasteiger partial charge in [-0.25, -0.2) is 9.13 Å². The number of hydrogen-bond acceptors (Lipinski definition) is 0. The lowest BCUT2D eigenvalue weighted by Gasteiger charge is -2.31. The number of aromatic nitrogens is 2. The van der Waals surface area contributed by atoms with Gasteiger partial charge in [0.15, 0.2) is 11.0 Å². The number of rotatable bonds is 3. The maximum atomic E-state index is 14.1. The number of fused-ring (bicyclic) bond motifs is 1. The minimum absolute atomic E-state index is 0. The zero-order valence-corrected chi connectivity index (χ0v) is 14.1. The molecular weight excluding hydrogens is 435 g/mol. The van der Waals surface area contributed by atoms with Gasteiger partial charge in [-0.2, -0.15) is 39.5 Å². The number of para-hydroxylation sites is 2. The third-order valence-corrected chi connectivity index (χ3v) is 3.67. The number of nitrogens with zero attached hydrogens (tertiary/aromatic N) is 2. The van der Waals surface area contributed by atoms with Crippen LogP contribution in [0.5, 0.6) is 0 Å². The van der Waals surface area contributed by atoms with Gasteiger partial charge in [-0.3, -0.25) is 0 Å². The largest absolute Gasteiger partial charge is 1.00 e. The molecule has 0 aliphatic rings. The van der Waals surface area contributed by atoms with Crippen molar-refractivity contribution >= 4 is 11.0 Å². The molecule has 0 fully saturated rings. The summed E-state index contributed by atoms with van der Waals surface area (Å²) in [5.41, 5.74) is -0.0819. The van der Waals surface area contributed by atoms with Gasteiger partial charge in [-0.15, -0.1) is 0 Å². The molecule has 0 aliphatic carbocycles.